The molecule has 0 saturated heterocycles. The summed E-state index contributed by atoms with van der Waals surface area (Å²) in [5.41, 5.74) is 4.90. The molecule has 4 rings (SSSR count). The van der Waals surface area contributed by atoms with Crippen molar-refractivity contribution in [2.75, 3.05) is 19.4 Å². The minimum Gasteiger partial charge on any atom is -0.497 e. The van der Waals surface area contributed by atoms with E-state index in [9.17, 15) is 0 Å². The third-order valence-electron chi connectivity index (χ3n) is 5.18. The van der Waals surface area contributed by atoms with Gasteiger partial charge in [-0.1, -0.05) is 54.6 Å². The van der Waals surface area contributed by atoms with Crippen LogP contribution in [-0.2, 0) is 6.42 Å². The summed E-state index contributed by atoms with van der Waals surface area (Å²) in [5, 5.41) is 1.99. The van der Waals surface area contributed by atoms with E-state index < -0.39 is 0 Å². The van der Waals surface area contributed by atoms with E-state index in [2.05, 4.69) is 41.1 Å². The normalized spacial score (nSPS) is 16.2. The third kappa shape index (κ3) is 3.63. The fourth-order valence-corrected chi connectivity index (χ4v) is 5.22. The summed E-state index contributed by atoms with van der Waals surface area (Å²) in [5.74, 6) is 1.90. The summed E-state index contributed by atoms with van der Waals surface area (Å²) in [7, 11) is 1.69. The Labute approximate surface area is 180 Å². The van der Waals surface area contributed by atoms with Crippen LogP contribution in [0.5, 0.6) is 5.75 Å². The highest BCUT2D eigenvalue weighted by Crippen LogP contribution is 2.40. The predicted octanol–water partition coefficient (Wildman–Crippen LogP) is 6.21. The quantitative estimate of drug-likeness (QED) is 0.498. The van der Waals surface area contributed by atoms with Crippen LogP contribution in [0.4, 0.5) is 0 Å². The molecule has 2 aromatic carbocycles. The molecule has 3 aromatic rings. The van der Waals surface area contributed by atoms with Crippen LogP contribution >= 0.6 is 35.6 Å². The van der Waals surface area contributed by atoms with Crippen molar-refractivity contribution in [1.29, 1.82) is 0 Å². The maximum atomic E-state index is 6.28. The zero-order chi connectivity index (χ0) is 19.7. The first-order valence-electron chi connectivity index (χ1n) is 9.49. The van der Waals surface area contributed by atoms with Gasteiger partial charge in [-0.25, -0.2) is 0 Å². The van der Waals surface area contributed by atoms with Gasteiger partial charge in [-0.2, -0.15) is 0 Å². The molecule has 0 amide bonds. The first-order valence-corrected chi connectivity index (χ1v) is 11.3. The van der Waals surface area contributed by atoms with Crippen LogP contribution in [0.1, 0.15) is 36.2 Å². The summed E-state index contributed by atoms with van der Waals surface area (Å²) in [4.78, 5) is 6.02. The number of nitrogens with one attached hydrogen (secondary N) is 1. The number of rotatable bonds is 4. The lowest BCUT2D eigenvalue weighted by Crippen LogP contribution is -2.38. The van der Waals surface area contributed by atoms with E-state index in [1.807, 2.05) is 18.2 Å². The molecule has 1 aromatic heterocycles. The summed E-state index contributed by atoms with van der Waals surface area (Å²) >= 11 is 13.9. The number of aromatic amines is 1. The number of fused-ring (bicyclic) bond motifs is 3. The molecule has 3 nitrogen and oxygen atoms in total. The van der Waals surface area contributed by atoms with E-state index in [1.165, 1.54) is 22.2 Å². The molecule has 146 valence electrons. The monoisotopic (exact) mass is 430 g/mol. The number of methoxy groups -OCH3 is 1. The number of thioether (sulfide) groups is 1. The van der Waals surface area contributed by atoms with Gasteiger partial charge in [0, 0.05) is 28.2 Å². The maximum absolute atomic E-state index is 6.28. The van der Waals surface area contributed by atoms with Crippen molar-refractivity contribution in [3.8, 4) is 5.75 Å². The number of ether oxygens (including phenoxy) is 1. The first kappa shape index (κ1) is 19.6. The van der Waals surface area contributed by atoms with Gasteiger partial charge in [-0.05, 0) is 60.1 Å². The zero-order valence-electron chi connectivity index (χ0n) is 16.0. The molecular weight excluding hydrogens is 408 g/mol. The Kier molecular flexibility index (Phi) is 5.85. The molecule has 1 N–H and O–H groups in total. The van der Waals surface area contributed by atoms with Crippen LogP contribution < -0.4 is 4.74 Å². The molecule has 1 aliphatic rings. The van der Waals surface area contributed by atoms with Gasteiger partial charge < -0.3 is 14.6 Å². The second-order valence-corrected chi connectivity index (χ2v) is 9.11. The van der Waals surface area contributed by atoms with Gasteiger partial charge in [-0.15, -0.1) is 0 Å². The Morgan fingerprint density at radius 2 is 2.07 bits per heavy atom. The van der Waals surface area contributed by atoms with E-state index in [4.69, 9.17) is 28.6 Å². The number of nitrogens with zero attached hydrogens (tertiary/aromatic N) is 1. The van der Waals surface area contributed by atoms with Crippen LogP contribution in [0, 0.1) is 0 Å². The Bertz CT molecular complexity index is 1000. The van der Waals surface area contributed by atoms with Crippen LogP contribution in [0.25, 0.3) is 10.9 Å². The molecule has 0 radical (unpaired) electrons. The van der Waals surface area contributed by atoms with E-state index in [0.29, 0.717) is 0 Å². The minimum atomic E-state index is 0.0673. The van der Waals surface area contributed by atoms with Crippen LogP contribution in [-0.4, -0.2) is 33.6 Å². The lowest BCUT2D eigenvalue weighted by Gasteiger charge is -2.37. The van der Waals surface area contributed by atoms with E-state index in [1.54, 1.807) is 18.9 Å². The summed E-state index contributed by atoms with van der Waals surface area (Å²) in [6, 6.07) is 14.4. The van der Waals surface area contributed by atoms with Crippen molar-refractivity contribution in [2.24, 2.45) is 0 Å². The van der Waals surface area contributed by atoms with Gasteiger partial charge >= 0.3 is 0 Å². The lowest BCUT2D eigenvalue weighted by atomic mass is 9.93. The van der Waals surface area contributed by atoms with Crippen molar-refractivity contribution < 1.29 is 4.74 Å². The maximum Gasteiger partial charge on any atom is 0.137 e. The highest BCUT2D eigenvalue weighted by molar-refractivity contribution is 8.22. The number of halogens is 1. The number of hydrogen-bond acceptors (Lipinski definition) is 3. The second kappa shape index (κ2) is 8.36. The topological polar surface area (TPSA) is 28.3 Å². The zero-order valence-corrected chi connectivity index (χ0v) is 18.4. The smallest absolute Gasteiger partial charge is 0.137 e. The Morgan fingerprint density at radius 1 is 1.29 bits per heavy atom. The van der Waals surface area contributed by atoms with Gasteiger partial charge in [0.1, 0.15) is 10.1 Å². The molecule has 6 heteroatoms. The number of H-pyrrole nitrogens is 1. The molecule has 0 fully saturated rings. The van der Waals surface area contributed by atoms with Gasteiger partial charge in [0.2, 0.25) is 0 Å². The van der Waals surface area contributed by atoms with Gasteiger partial charge in [0.15, 0.2) is 0 Å². The van der Waals surface area contributed by atoms with Crippen molar-refractivity contribution in [1.82, 2.24) is 9.88 Å². The molecule has 0 bridgehead atoms. The molecule has 1 aliphatic heterocycles. The molecular formula is C22H23ClN2OS2. The molecule has 1 atom stereocenters. The van der Waals surface area contributed by atoms with Crippen LogP contribution in [0.2, 0.25) is 5.02 Å². The van der Waals surface area contributed by atoms with Crippen LogP contribution in [0.15, 0.2) is 42.5 Å². The average Bonchev–Trinajstić information content (AvgIpc) is 3.09. The molecule has 2 heterocycles. The van der Waals surface area contributed by atoms with Gasteiger partial charge in [0.25, 0.3) is 0 Å². The summed E-state index contributed by atoms with van der Waals surface area (Å²) in [6.07, 6.45) is 2.07. The fraction of sp³-hybridized carbons (Fsp3) is 0.318. The van der Waals surface area contributed by atoms with E-state index in [0.717, 1.165) is 45.7 Å². The van der Waals surface area contributed by atoms with Gasteiger partial charge in [0.05, 0.1) is 13.2 Å². The van der Waals surface area contributed by atoms with Crippen LogP contribution in [0.3, 0.4) is 0 Å². The number of aromatic nitrogens is 1. The van der Waals surface area contributed by atoms with Crippen molar-refractivity contribution in [3.05, 3.63) is 64.3 Å². The molecule has 0 aliphatic carbocycles. The highest BCUT2D eigenvalue weighted by atomic mass is 35.5. The van der Waals surface area contributed by atoms with Crippen molar-refractivity contribution in [2.45, 2.75) is 25.8 Å². The Hall–Kier alpha value is -1.69. The standard InChI is InChI=1S/C22H23ClN2OS2/c1-3-12-28-22(27)25-11-10-17-18-13-15(23)6-9-19(18)24-20(17)21(25)14-4-7-16(26-2)8-5-14/h4-9,13,21,24H,3,10-12H2,1-2H3. The van der Waals surface area contributed by atoms with Gasteiger partial charge in [-0.3, -0.25) is 0 Å². The SMILES string of the molecule is CCCSC(=S)N1CCc2c([nH]c3ccc(Cl)cc23)C1c1ccc(OC)cc1. The molecule has 1 unspecified atom stereocenters. The van der Waals surface area contributed by atoms with E-state index >= 15 is 0 Å². The number of thiocarbonyl (C=S) groups is 1. The Morgan fingerprint density at radius 3 is 2.79 bits per heavy atom. The average molecular weight is 431 g/mol. The fourth-order valence-electron chi connectivity index (χ4n) is 3.86. The summed E-state index contributed by atoms with van der Waals surface area (Å²) < 4.78 is 6.31. The van der Waals surface area contributed by atoms with E-state index in [-0.39, 0.29) is 6.04 Å². The summed E-state index contributed by atoms with van der Waals surface area (Å²) in [6.45, 7) is 3.09. The Balaban J connectivity index is 1.82. The first-order chi connectivity index (χ1) is 13.6. The molecule has 0 spiro atoms. The molecule has 28 heavy (non-hydrogen) atoms. The minimum absolute atomic E-state index is 0.0673. The number of hydrogen-bond donors (Lipinski definition) is 1. The molecule has 0 saturated carbocycles. The third-order valence-corrected chi connectivity index (χ3v) is 7.10. The number of benzene rings is 2. The van der Waals surface area contributed by atoms with Crippen molar-refractivity contribution >= 4 is 50.8 Å². The van der Waals surface area contributed by atoms with Crippen molar-refractivity contribution in [3.63, 3.8) is 0 Å². The largest absolute Gasteiger partial charge is 0.497 e. The lowest BCUT2D eigenvalue weighted by molar-refractivity contribution is 0.345. The second-order valence-electron chi connectivity index (χ2n) is 6.94. The predicted molar refractivity (Wildman–Crippen MR) is 124 cm³/mol. The highest BCUT2D eigenvalue weighted by Gasteiger charge is 2.33.